The molecule has 1 fully saturated rings. The molecule has 1 N–H and O–H groups in total. The van der Waals surface area contributed by atoms with E-state index in [2.05, 4.69) is 21.8 Å². The molecule has 128 valence electrons. The molecule has 6 nitrogen and oxygen atoms in total. The number of nitrogens with zero attached hydrogens (tertiary/aromatic N) is 2. The van der Waals surface area contributed by atoms with Gasteiger partial charge in [-0.1, -0.05) is 0 Å². The molecule has 0 spiro atoms. The van der Waals surface area contributed by atoms with Crippen molar-refractivity contribution in [2.75, 3.05) is 20.8 Å². The molecule has 1 aliphatic rings. The second kappa shape index (κ2) is 6.95. The monoisotopic (exact) mass is 329 g/mol. The fraction of sp³-hybridized carbons (Fsp3) is 0.444. The predicted molar refractivity (Wildman–Crippen MR) is 90.8 cm³/mol. The van der Waals surface area contributed by atoms with E-state index in [1.165, 1.54) is 18.5 Å². The maximum atomic E-state index is 12.4. The van der Waals surface area contributed by atoms with E-state index in [1.807, 2.05) is 6.20 Å². The topological polar surface area (TPSA) is 65.4 Å². The van der Waals surface area contributed by atoms with E-state index in [0.717, 1.165) is 5.82 Å². The molecule has 1 aromatic carbocycles. The van der Waals surface area contributed by atoms with Gasteiger partial charge in [-0.2, -0.15) is 0 Å². The van der Waals surface area contributed by atoms with Gasteiger partial charge in [0.2, 0.25) is 0 Å². The Balaban J connectivity index is 1.62. The number of ether oxygens (including phenoxy) is 2. The highest BCUT2D eigenvalue weighted by atomic mass is 16.5. The minimum atomic E-state index is -0.157. The van der Waals surface area contributed by atoms with Gasteiger partial charge in [-0.15, -0.1) is 0 Å². The summed E-state index contributed by atoms with van der Waals surface area (Å²) in [5, 5.41) is 2.94. The van der Waals surface area contributed by atoms with Crippen molar-refractivity contribution in [3.8, 4) is 11.5 Å². The van der Waals surface area contributed by atoms with Crippen molar-refractivity contribution in [1.82, 2.24) is 14.9 Å². The average Bonchev–Trinajstić information content (AvgIpc) is 3.37. The number of imidazole rings is 1. The van der Waals surface area contributed by atoms with E-state index in [-0.39, 0.29) is 5.91 Å². The van der Waals surface area contributed by atoms with Crippen LogP contribution in [0.3, 0.4) is 0 Å². The van der Waals surface area contributed by atoms with Gasteiger partial charge in [-0.25, -0.2) is 4.98 Å². The summed E-state index contributed by atoms with van der Waals surface area (Å²) in [7, 11) is 3.12. The summed E-state index contributed by atoms with van der Waals surface area (Å²) in [4.78, 5) is 16.9. The van der Waals surface area contributed by atoms with Crippen LogP contribution in [0, 0.1) is 6.92 Å². The van der Waals surface area contributed by atoms with Gasteiger partial charge in [-0.05, 0) is 31.9 Å². The molecule has 1 saturated carbocycles. The second-order valence-electron chi connectivity index (χ2n) is 5.99. The molecular weight excluding hydrogens is 306 g/mol. The number of benzene rings is 1. The third-order valence-electron chi connectivity index (χ3n) is 4.26. The highest BCUT2D eigenvalue weighted by molar-refractivity contribution is 5.97. The van der Waals surface area contributed by atoms with Crippen LogP contribution in [0.15, 0.2) is 24.4 Å². The van der Waals surface area contributed by atoms with E-state index < -0.39 is 0 Å². The van der Waals surface area contributed by atoms with E-state index in [0.29, 0.717) is 36.1 Å². The van der Waals surface area contributed by atoms with Crippen molar-refractivity contribution >= 4 is 5.91 Å². The van der Waals surface area contributed by atoms with E-state index in [4.69, 9.17) is 9.47 Å². The summed E-state index contributed by atoms with van der Waals surface area (Å²) in [5.74, 6) is 2.04. The second-order valence-corrected chi connectivity index (χ2v) is 5.99. The first-order valence-electron chi connectivity index (χ1n) is 8.17. The van der Waals surface area contributed by atoms with Gasteiger partial charge in [0.05, 0.1) is 19.8 Å². The Hall–Kier alpha value is -2.50. The summed E-state index contributed by atoms with van der Waals surface area (Å²) in [6, 6.07) is 5.76. The van der Waals surface area contributed by atoms with Gasteiger partial charge in [-0.3, -0.25) is 4.79 Å². The van der Waals surface area contributed by atoms with Crippen LogP contribution in [0.5, 0.6) is 11.5 Å². The molecular formula is C18H23N3O3. The number of carbonyl (C=O) groups excluding carboxylic acids is 1. The smallest absolute Gasteiger partial charge is 0.255 e. The van der Waals surface area contributed by atoms with Crippen LogP contribution >= 0.6 is 0 Å². The van der Waals surface area contributed by atoms with Crippen LogP contribution < -0.4 is 14.8 Å². The highest BCUT2D eigenvalue weighted by Crippen LogP contribution is 2.36. The fourth-order valence-corrected chi connectivity index (χ4v) is 2.88. The maximum Gasteiger partial charge on any atom is 0.255 e. The first kappa shape index (κ1) is 16.4. The van der Waals surface area contributed by atoms with Gasteiger partial charge in [0.15, 0.2) is 0 Å². The van der Waals surface area contributed by atoms with Crippen LogP contribution in [-0.2, 0) is 6.42 Å². The molecule has 0 bridgehead atoms. The Morgan fingerprint density at radius 3 is 2.79 bits per heavy atom. The van der Waals surface area contributed by atoms with Crippen molar-refractivity contribution in [2.24, 2.45) is 0 Å². The number of nitrogens with one attached hydrogen (secondary N) is 1. The molecule has 2 aromatic rings. The standard InChI is InChI=1S/C18H23N3O3/c1-12-11-20-17(21(12)13-4-5-13)8-9-19-18(22)15-7-6-14(23-2)10-16(15)24-3/h6-7,10-11,13H,4-5,8-9H2,1-3H3,(H,19,22). The van der Waals surface area contributed by atoms with Gasteiger partial charge in [0.25, 0.3) is 5.91 Å². The van der Waals surface area contributed by atoms with Crippen molar-refractivity contribution < 1.29 is 14.3 Å². The zero-order valence-corrected chi connectivity index (χ0v) is 14.3. The molecule has 0 atom stereocenters. The number of rotatable bonds is 7. The first-order chi connectivity index (χ1) is 11.6. The number of aromatic nitrogens is 2. The summed E-state index contributed by atoms with van der Waals surface area (Å²) in [5.41, 5.74) is 1.69. The normalized spacial score (nSPS) is 13.6. The molecule has 1 aliphatic carbocycles. The van der Waals surface area contributed by atoms with Crippen molar-refractivity contribution in [3.05, 3.63) is 41.5 Å². The van der Waals surface area contributed by atoms with Crippen molar-refractivity contribution in [2.45, 2.75) is 32.2 Å². The quantitative estimate of drug-likeness (QED) is 0.848. The SMILES string of the molecule is COc1ccc(C(=O)NCCc2ncc(C)n2C2CC2)c(OC)c1. The molecule has 1 amide bonds. The lowest BCUT2D eigenvalue weighted by atomic mass is 10.1. The van der Waals surface area contributed by atoms with Gasteiger partial charge >= 0.3 is 0 Å². The van der Waals surface area contributed by atoms with Crippen LogP contribution in [0.2, 0.25) is 0 Å². The third-order valence-corrected chi connectivity index (χ3v) is 4.26. The van der Waals surface area contributed by atoms with E-state index >= 15 is 0 Å². The van der Waals surface area contributed by atoms with Gasteiger partial charge in [0.1, 0.15) is 17.3 Å². The average molecular weight is 329 g/mol. The lowest BCUT2D eigenvalue weighted by molar-refractivity contribution is 0.0951. The van der Waals surface area contributed by atoms with Crippen LogP contribution in [0.1, 0.15) is 40.8 Å². The third kappa shape index (κ3) is 3.37. The van der Waals surface area contributed by atoms with Crippen LogP contribution in [0.4, 0.5) is 0 Å². The zero-order chi connectivity index (χ0) is 17.1. The zero-order valence-electron chi connectivity index (χ0n) is 14.3. The molecule has 3 rings (SSSR count). The number of amides is 1. The Kier molecular flexibility index (Phi) is 4.74. The number of carbonyl (C=O) groups is 1. The van der Waals surface area contributed by atoms with Crippen LogP contribution in [0.25, 0.3) is 0 Å². The Bertz CT molecular complexity index is 735. The molecule has 0 radical (unpaired) electrons. The van der Waals surface area contributed by atoms with Gasteiger partial charge in [0, 0.05) is 37.0 Å². The Morgan fingerprint density at radius 2 is 2.12 bits per heavy atom. The molecule has 0 unspecified atom stereocenters. The first-order valence-corrected chi connectivity index (χ1v) is 8.17. The number of hydrogen-bond donors (Lipinski definition) is 1. The number of methoxy groups -OCH3 is 2. The molecule has 1 heterocycles. The predicted octanol–water partition coefficient (Wildman–Crippen LogP) is 2.52. The number of hydrogen-bond acceptors (Lipinski definition) is 4. The number of aryl methyl sites for hydroxylation is 1. The van der Waals surface area contributed by atoms with E-state index in [9.17, 15) is 4.79 Å². The molecule has 0 saturated heterocycles. The maximum absolute atomic E-state index is 12.4. The highest BCUT2D eigenvalue weighted by Gasteiger charge is 2.27. The van der Waals surface area contributed by atoms with E-state index in [1.54, 1.807) is 32.4 Å². The minimum absolute atomic E-state index is 0.157. The molecule has 24 heavy (non-hydrogen) atoms. The summed E-state index contributed by atoms with van der Waals surface area (Å²) in [6.07, 6.45) is 5.07. The summed E-state index contributed by atoms with van der Waals surface area (Å²) >= 11 is 0. The molecule has 1 aromatic heterocycles. The Morgan fingerprint density at radius 1 is 1.33 bits per heavy atom. The molecule has 6 heteroatoms. The summed E-state index contributed by atoms with van der Waals surface area (Å²) in [6.45, 7) is 2.62. The summed E-state index contributed by atoms with van der Waals surface area (Å²) < 4.78 is 12.7. The molecule has 0 aliphatic heterocycles. The van der Waals surface area contributed by atoms with Crippen molar-refractivity contribution in [3.63, 3.8) is 0 Å². The minimum Gasteiger partial charge on any atom is -0.497 e. The van der Waals surface area contributed by atoms with Crippen molar-refractivity contribution in [1.29, 1.82) is 0 Å². The van der Waals surface area contributed by atoms with Gasteiger partial charge < -0.3 is 19.4 Å². The largest absolute Gasteiger partial charge is 0.497 e. The fourth-order valence-electron chi connectivity index (χ4n) is 2.88. The Labute approximate surface area is 141 Å². The van der Waals surface area contributed by atoms with Crippen LogP contribution in [-0.4, -0.2) is 36.2 Å². The lowest BCUT2D eigenvalue weighted by Crippen LogP contribution is -2.27. The lowest BCUT2D eigenvalue weighted by Gasteiger charge is -2.12.